The highest BCUT2D eigenvalue weighted by molar-refractivity contribution is 5.50. The number of aromatic hydroxyl groups is 1. The molecule has 5 heteroatoms. The minimum atomic E-state index is 0.151. The quantitative estimate of drug-likeness (QED) is 0.294. The molecule has 1 N–H and O–H groups in total. The van der Waals surface area contributed by atoms with Crippen molar-refractivity contribution < 1.29 is 19.3 Å². The maximum Gasteiger partial charge on any atom is 0.162 e. The number of benzene rings is 4. The van der Waals surface area contributed by atoms with Crippen molar-refractivity contribution in [3.8, 4) is 23.0 Å². The van der Waals surface area contributed by atoms with Gasteiger partial charge in [-0.25, -0.2) is 0 Å². The number of hydrogen-bond donors (Lipinski definition) is 1. The van der Waals surface area contributed by atoms with Crippen LogP contribution in [0.15, 0.2) is 91.0 Å². The smallest absolute Gasteiger partial charge is 0.162 e. The van der Waals surface area contributed by atoms with Gasteiger partial charge in [0, 0.05) is 12.6 Å². The molecular formula is C32H33NO4. The Bertz CT molecular complexity index is 1320. The van der Waals surface area contributed by atoms with Gasteiger partial charge in [0.2, 0.25) is 0 Å². The number of nitrogens with zero attached hydrogens (tertiary/aromatic N) is 1. The lowest BCUT2D eigenvalue weighted by Crippen LogP contribution is -2.33. The number of phenolic OH excluding ortho intramolecular Hbond substituents is 1. The molecule has 5 nitrogen and oxygen atoms in total. The Labute approximate surface area is 218 Å². The molecule has 1 aliphatic heterocycles. The molecular weight excluding hydrogens is 462 g/mol. The molecule has 4 aromatic rings. The number of ether oxygens (including phenoxy) is 3. The molecule has 0 saturated heterocycles. The zero-order valence-corrected chi connectivity index (χ0v) is 21.4. The number of methoxy groups -OCH3 is 1. The van der Waals surface area contributed by atoms with E-state index < -0.39 is 0 Å². The monoisotopic (exact) mass is 495 g/mol. The minimum Gasteiger partial charge on any atom is -0.504 e. The molecule has 1 heterocycles. The molecule has 1 atom stereocenters. The van der Waals surface area contributed by atoms with Gasteiger partial charge in [-0.3, -0.25) is 4.90 Å². The highest BCUT2D eigenvalue weighted by Gasteiger charge is 2.27. The van der Waals surface area contributed by atoms with E-state index in [2.05, 4.69) is 36.2 Å². The molecule has 0 fully saturated rings. The van der Waals surface area contributed by atoms with Crippen LogP contribution in [0.1, 0.15) is 33.9 Å². The Kier molecular flexibility index (Phi) is 7.62. The third-order valence-electron chi connectivity index (χ3n) is 6.98. The van der Waals surface area contributed by atoms with Crippen LogP contribution in [0.2, 0.25) is 0 Å². The van der Waals surface area contributed by atoms with Gasteiger partial charge in [-0.1, -0.05) is 66.7 Å². The Morgan fingerprint density at radius 3 is 2.05 bits per heavy atom. The Morgan fingerprint density at radius 1 is 0.757 bits per heavy atom. The van der Waals surface area contributed by atoms with Crippen LogP contribution in [-0.4, -0.2) is 30.7 Å². The summed E-state index contributed by atoms with van der Waals surface area (Å²) in [5.74, 6) is 2.17. The van der Waals surface area contributed by atoms with Gasteiger partial charge in [0.05, 0.1) is 7.11 Å². The summed E-state index contributed by atoms with van der Waals surface area (Å²) < 4.78 is 17.9. The van der Waals surface area contributed by atoms with Gasteiger partial charge in [-0.15, -0.1) is 0 Å². The van der Waals surface area contributed by atoms with E-state index in [1.165, 1.54) is 11.1 Å². The van der Waals surface area contributed by atoms with E-state index in [0.717, 1.165) is 47.6 Å². The molecule has 0 aliphatic carbocycles. The highest BCUT2D eigenvalue weighted by Crippen LogP contribution is 2.40. The first-order valence-corrected chi connectivity index (χ1v) is 12.7. The summed E-state index contributed by atoms with van der Waals surface area (Å²) in [4.78, 5) is 2.38. The number of hydrogen-bond acceptors (Lipinski definition) is 5. The maximum atomic E-state index is 10.4. The predicted octanol–water partition coefficient (Wildman–Crippen LogP) is 6.33. The van der Waals surface area contributed by atoms with Crippen molar-refractivity contribution in [2.24, 2.45) is 0 Å². The van der Waals surface area contributed by atoms with Crippen molar-refractivity contribution in [2.45, 2.75) is 32.1 Å². The molecule has 1 aliphatic rings. The normalized spacial score (nSPS) is 15.1. The van der Waals surface area contributed by atoms with Crippen molar-refractivity contribution in [1.82, 2.24) is 4.90 Å². The molecule has 0 saturated carbocycles. The fraction of sp³-hybridized carbons (Fsp3) is 0.250. The molecule has 0 aromatic heterocycles. The zero-order chi connectivity index (χ0) is 25.6. The first kappa shape index (κ1) is 24.7. The van der Waals surface area contributed by atoms with Crippen molar-refractivity contribution in [3.63, 3.8) is 0 Å². The Hall–Kier alpha value is -3.96. The van der Waals surface area contributed by atoms with E-state index in [1.807, 2.05) is 60.7 Å². The SMILES string of the molecule is COc1cc2c(cc1OCc1ccccc1)[C@H](Cc1ccc(O)c(OCc3ccccc3)c1)N(C)CC2. The van der Waals surface area contributed by atoms with Gasteiger partial charge in [0.1, 0.15) is 13.2 Å². The van der Waals surface area contributed by atoms with Gasteiger partial charge in [0.25, 0.3) is 0 Å². The van der Waals surface area contributed by atoms with Crippen molar-refractivity contribution in [2.75, 3.05) is 20.7 Å². The summed E-state index contributed by atoms with van der Waals surface area (Å²) in [6.45, 7) is 1.85. The van der Waals surface area contributed by atoms with E-state index in [4.69, 9.17) is 14.2 Å². The van der Waals surface area contributed by atoms with Gasteiger partial charge in [-0.05, 0) is 72.0 Å². The van der Waals surface area contributed by atoms with Crippen LogP contribution in [0.25, 0.3) is 0 Å². The van der Waals surface area contributed by atoms with Crippen molar-refractivity contribution in [3.05, 3.63) is 119 Å². The second-order valence-electron chi connectivity index (χ2n) is 9.50. The first-order valence-electron chi connectivity index (χ1n) is 12.7. The van der Waals surface area contributed by atoms with E-state index >= 15 is 0 Å². The summed E-state index contributed by atoms with van der Waals surface area (Å²) in [5.41, 5.74) is 5.81. The third-order valence-corrected chi connectivity index (χ3v) is 6.98. The van der Waals surface area contributed by atoms with Gasteiger partial charge in [-0.2, -0.15) is 0 Å². The average molecular weight is 496 g/mol. The van der Waals surface area contributed by atoms with Gasteiger partial charge < -0.3 is 19.3 Å². The lowest BCUT2D eigenvalue weighted by molar-refractivity contribution is 0.226. The summed E-state index contributed by atoms with van der Waals surface area (Å²) in [6, 6.07) is 30.2. The van der Waals surface area contributed by atoms with Crippen LogP contribution >= 0.6 is 0 Å². The van der Waals surface area contributed by atoms with Crippen LogP contribution in [0.4, 0.5) is 0 Å². The molecule has 4 aromatic carbocycles. The molecule has 37 heavy (non-hydrogen) atoms. The Balaban J connectivity index is 1.37. The van der Waals surface area contributed by atoms with Crippen molar-refractivity contribution in [1.29, 1.82) is 0 Å². The minimum absolute atomic E-state index is 0.151. The van der Waals surface area contributed by atoms with Crippen LogP contribution in [0, 0.1) is 0 Å². The molecule has 0 spiro atoms. The topological polar surface area (TPSA) is 51.2 Å². The molecule has 5 rings (SSSR count). The molecule has 0 unspecified atom stereocenters. The average Bonchev–Trinajstić information content (AvgIpc) is 2.94. The van der Waals surface area contributed by atoms with E-state index in [-0.39, 0.29) is 11.8 Å². The number of rotatable bonds is 9. The number of likely N-dealkylation sites (N-methyl/N-ethyl adjacent to an activating group) is 1. The summed E-state index contributed by atoms with van der Waals surface area (Å²) in [6.07, 6.45) is 1.74. The second kappa shape index (κ2) is 11.4. The standard InChI is InChI=1S/C32H33NO4/c1-33-16-15-26-19-31(35-2)32(37-22-24-11-7-4-8-12-24)20-27(26)28(33)17-25-13-14-29(34)30(18-25)36-21-23-9-5-3-6-10-23/h3-14,18-20,28,34H,15-17,21-22H2,1-2H3/t28-/m0/s1. The van der Waals surface area contributed by atoms with E-state index in [9.17, 15) is 5.11 Å². The van der Waals surface area contributed by atoms with Crippen LogP contribution in [0.5, 0.6) is 23.0 Å². The van der Waals surface area contributed by atoms with E-state index in [0.29, 0.717) is 19.0 Å². The summed E-state index contributed by atoms with van der Waals surface area (Å²) in [7, 11) is 3.85. The van der Waals surface area contributed by atoms with E-state index in [1.54, 1.807) is 13.2 Å². The Morgan fingerprint density at radius 2 is 1.41 bits per heavy atom. The highest BCUT2D eigenvalue weighted by atomic mass is 16.5. The largest absolute Gasteiger partial charge is 0.504 e. The van der Waals surface area contributed by atoms with Crippen LogP contribution in [-0.2, 0) is 26.1 Å². The molecule has 190 valence electrons. The molecule has 0 radical (unpaired) electrons. The number of phenols is 1. The van der Waals surface area contributed by atoms with Crippen LogP contribution in [0.3, 0.4) is 0 Å². The zero-order valence-electron chi connectivity index (χ0n) is 21.4. The third kappa shape index (κ3) is 5.89. The van der Waals surface area contributed by atoms with Crippen LogP contribution < -0.4 is 14.2 Å². The van der Waals surface area contributed by atoms with Crippen molar-refractivity contribution >= 4 is 0 Å². The second-order valence-corrected chi connectivity index (χ2v) is 9.50. The maximum absolute atomic E-state index is 10.4. The fourth-order valence-electron chi connectivity index (χ4n) is 4.87. The molecule has 0 bridgehead atoms. The first-order chi connectivity index (χ1) is 18.1. The summed E-state index contributed by atoms with van der Waals surface area (Å²) >= 11 is 0. The lowest BCUT2D eigenvalue weighted by Gasteiger charge is -2.35. The molecule has 0 amide bonds. The number of fused-ring (bicyclic) bond motifs is 1. The van der Waals surface area contributed by atoms with Gasteiger partial charge in [0.15, 0.2) is 23.0 Å². The summed E-state index contributed by atoms with van der Waals surface area (Å²) in [5, 5.41) is 10.4. The predicted molar refractivity (Wildman–Crippen MR) is 145 cm³/mol. The fourth-order valence-corrected chi connectivity index (χ4v) is 4.87. The lowest BCUT2D eigenvalue weighted by atomic mass is 9.88. The van der Waals surface area contributed by atoms with Gasteiger partial charge >= 0.3 is 0 Å².